The van der Waals surface area contributed by atoms with Crippen LogP contribution in [0.5, 0.6) is 0 Å². The number of carboxylic acid groups (broad SMARTS) is 2. The Morgan fingerprint density at radius 3 is 1.87 bits per heavy atom. The summed E-state index contributed by atoms with van der Waals surface area (Å²) >= 11 is 0. The average molecular weight is 446 g/mol. The van der Waals surface area contributed by atoms with E-state index in [1.54, 1.807) is 0 Å². The van der Waals surface area contributed by atoms with E-state index in [4.69, 9.17) is 27.1 Å². The molecule has 10 heteroatoms. The van der Waals surface area contributed by atoms with Gasteiger partial charge in [0.05, 0.1) is 0 Å². The zero-order valence-electron chi connectivity index (χ0n) is 19.1. The Morgan fingerprint density at radius 1 is 0.903 bits per heavy atom. The number of guanidine groups is 1. The number of carboxylic acids is 2. The number of hydrogen-bond acceptors (Lipinski definition) is 5. The summed E-state index contributed by atoms with van der Waals surface area (Å²) in [5, 5.41) is 28.8. The van der Waals surface area contributed by atoms with E-state index in [-0.39, 0.29) is 11.9 Å². The Balaban J connectivity index is 0. The highest BCUT2D eigenvalue weighted by molar-refractivity contribution is 5.83. The summed E-state index contributed by atoms with van der Waals surface area (Å²) in [6, 6.07) is -1.61. The van der Waals surface area contributed by atoms with Gasteiger partial charge in [-0.05, 0) is 26.2 Å². The van der Waals surface area contributed by atoms with Gasteiger partial charge in [0.2, 0.25) is 5.91 Å². The minimum atomic E-state index is -1.00. The first-order valence-electron chi connectivity index (χ1n) is 11.2. The predicted octanol–water partition coefficient (Wildman–Crippen LogP) is 2.16. The first-order chi connectivity index (χ1) is 14.6. The van der Waals surface area contributed by atoms with E-state index in [1.165, 1.54) is 51.9 Å². The first kappa shape index (κ1) is 30.8. The van der Waals surface area contributed by atoms with Gasteiger partial charge in [0.15, 0.2) is 5.96 Å². The second-order valence-corrected chi connectivity index (χ2v) is 7.63. The molecule has 0 heterocycles. The lowest BCUT2D eigenvalue weighted by atomic mass is 10.1. The van der Waals surface area contributed by atoms with Crippen molar-refractivity contribution in [3.8, 4) is 0 Å². The summed E-state index contributed by atoms with van der Waals surface area (Å²) in [7, 11) is 0. The molecule has 182 valence electrons. The molecule has 0 bridgehead atoms. The number of rotatable bonds is 17. The van der Waals surface area contributed by atoms with Gasteiger partial charge in [0.25, 0.3) is 0 Å². The van der Waals surface area contributed by atoms with Crippen molar-refractivity contribution in [3.63, 3.8) is 0 Å². The van der Waals surface area contributed by atoms with Gasteiger partial charge in [-0.1, -0.05) is 58.3 Å². The van der Waals surface area contributed by atoms with Crippen molar-refractivity contribution in [3.05, 3.63) is 0 Å². The second-order valence-electron chi connectivity index (χ2n) is 7.63. The fraction of sp³-hybridized carbons (Fsp3) is 0.810. The van der Waals surface area contributed by atoms with Gasteiger partial charge in [-0.15, -0.1) is 0 Å². The molecule has 31 heavy (non-hydrogen) atoms. The summed E-state index contributed by atoms with van der Waals surface area (Å²) in [4.78, 5) is 32.1. The van der Waals surface area contributed by atoms with Crippen LogP contribution in [0.2, 0.25) is 0 Å². The van der Waals surface area contributed by atoms with E-state index in [0.29, 0.717) is 25.8 Å². The van der Waals surface area contributed by atoms with Crippen LogP contribution in [-0.2, 0) is 14.4 Å². The summed E-state index contributed by atoms with van der Waals surface area (Å²) in [6.45, 7) is 4.18. The number of nitrogens with one attached hydrogen (secondary N) is 3. The molecular weight excluding hydrogens is 402 g/mol. The molecule has 0 fully saturated rings. The van der Waals surface area contributed by atoms with Crippen LogP contribution in [0.25, 0.3) is 0 Å². The van der Waals surface area contributed by atoms with E-state index in [2.05, 4.69) is 17.6 Å². The monoisotopic (exact) mass is 445 g/mol. The van der Waals surface area contributed by atoms with Gasteiger partial charge < -0.3 is 32.3 Å². The lowest BCUT2D eigenvalue weighted by Gasteiger charge is -2.08. The molecular formula is C21H43N5O5. The Kier molecular flexibility index (Phi) is 20.8. The Morgan fingerprint density at radius 2 is 1.42 bits per heavy atom. The van der Waals surface area contributed by atoms with Crippen LogP contribution < -0.4 is 22.1 Å². The molecule has 0 unspecified atom stereocenters. The van der Waals surface area contributed by atoms with Crippen molar-refractivity contribution >= 4 is 23.8 Å². The summed E-state index contributed by atoms with van der Waals surface area (Å²) in [5.41, 5.74) is 10.2. The normalized spacial score (nSPS) is 12.1. The maximum Gasteiger partial charge on any atom is 0.325 e. The number of hydrogen-bond donors (Lipinski definition) is 7. The van der Waals surface area contributed by atoms with E-state index < -0.39 is 24.0 Å². The topological polar surface area (TPSA) is 192 Å². The van der Waals surface area contributed by atoms with Crippen LogP contribution in [0, 0.1) is 5.41 Å². The Labute approximate surface area is 186 Å². The third kappa shape index (κ3) is 23.8. The molecule has 2 atom stereocenters. The molecule has 0 rings (SSSR count). The van der Waals surface area contributed by atoms with E-state index in [1.807, 2.05) is 0 Å². The Hall–Kier alpha value is -2.36. The Bertz CT molecular complexity index is 516. The minimum Gasteiger partial charge on any atom is -0.480 e. The number of carbonyl (C=O) groups excluding carboxylic acids is 1. The van der Waals surface area contributed by atoms with Crippen molar-refractivity contribution in [2.24, 2.45) is 11.5 Å². The highest BCUT2D eigenvalue weighted by atomic mass is 16.4. The average Bonchev–Trinajstić information content (AvgIpc) is 2.69. The lowest BCUT2D eigenvalue weighted by Crippen LogP contribution is -2.38. The quantitative estimate of drug-likeness (QED) is 0.100. The molecule has 0 radical (unpaired) electrons. The zero-order chi connectivity index (χ0) is 24.1. The molecule has 9 N–H and O–H groups in total. The fourth-order valence-electron chi connectivity index (χ4n) is 2.64. The highest BCUT2D eigenvalue weighted by Gasteiger charge is 2.13. The van der Waals surface area contributed by atoms with E-state index in [9.17, 15) is 14.4 Å². The largest absolute Gasteiger partial charge is 0.480 e. The molecule has 1 amide bonds. The van der Waals surface area contributed by atoms with Crippen LogP contribution in [0.4, 0.5) is 0 Å². The van der Waals surface area contributed by atoms with Crippen LogP contribution in [0.15, 0.2) is 0 Å². The maximum atomic E-state index is 11.4. The third-order valence-electron chi connectivity index (χ3n) is 4.58. The van der Waals surface area contributed by atoms with Gasteiger partial charge >= 0.3 is 11.9 Å². The minimum absolute atomic E-state index is 0.112. The number of carbonyl (C=O) groups is 3. The van der Waals surface area contributed by atoms with Crippen LogP contribution in [0.3, 0.4) is 0 Å². The number of nitrogens with two attached hydrogens (primary N) is 2. The fourth-order valence-corrected chi connectivity index (χ4v) is 2.64. The molecule has 10 nitrogen and oxygen atoms in total. The number of aliphatic carboxylic acids is 2. The molecule has 0 aromatic rings. The van der Waals surface area contributed by atoms with Gasteiger partial charge in [-0.25, -0.2) is 0 Å². The molecule has 0 aliphatic heterocycles. The molecule has 0 spiro atoms. The van der Waals surface area contributed by atoms with Crippen LogP contribution >= 0.6 is 0 Å². The molecule has 0 aromatic heterocycles. The second kappa shape index (κ2) is 20.9. The number of amides is 1. The standard InChI is InChI=1S/C15H29NO3.C6H14N4O2/c1-3-4-5-6-7-8-9-10-11-12-14(17)16-13(2)15(18)19;7-4(5(11)12)2-1-3-10-6(8)9/h13H,3-12H2,1-2H3,(H,16,17)(H,18,19);4H,1-3,7H2,(H,11,12)(H4,8,9,10)/t13-;4-/m00/s1. The zero-order valence-corrected chi connectivity index (χ0v) is 19.1. The van der Waals surface area contributed by atoms with Gasteiger partial charge in [0, 0.05) is 13.0 Å². The van der Waals surface area contributed by atoms with Crippen molar-refractivity contribution in [2.75, 3.05) is 6.54 Å². The SMILES string of the molecule is CCCCCCCCCCCC(=O)N[C@@H](C)C(=O)O.N=C(N)NCCC[C@H](N)C(=O)O. The smallest absolute Gasteiger partial charge is 0.325 e. The molecule has 0 saturated carbocycles. The van der Waals surface area contributed by atoms with Crippen LogP contribution in [0.1, 0.15) is 90.9 Å². The number of unbranched alkanes of at least 4 members (excludes halogenated alkanes) is 8. The molecule has 0 aliphatic rings. The van der Waals surface area contributed by atoms with Crippen molar-refractivity contribution in [2.45, 2.75) is 103 Å². The van der Waals surface area contributed by atoms with Crippen molar-refractivity contribution < 1.29 is 24.6 Å². The summed E-state index contributed by atoms with van der Waals surface area (Å²) in [6.07, 6.45) is 12.3. The van der Waals surface area contributed by atoms with E-state index >= 15 is 0 Å². The highest BCUT2D eigenvalue weighted by Crippen LogP contribution is 2.10. The van der Waals surface area contributed by atoms with Crippen molar-refractivity contribution in [1.29, 1.82) is 5.41 Å². The maximum absolute atomic E-state index is 11.4. The van der Waals surface area contributed by atoms with Crippen LogP contribution in [-0.4, -0.2) is 52.6 Å². The predicted molar refractivity (Wildman–Crippen MR) is 122 cm³/mol. The molecule has 0 aliphatic carbocycles. The van der Waals surface area contributed by atoms with Gasteiger partial charge in [0.1, 0.15) is 12.1 Å². The first-order valence-corrected chi connectivity index (χ1v) is 11.2. The van der Waals surface area contributed by atoms with Crippen molar-refractivity contribution in [1.82, 2.24) is 10.6 Å². The summed E-state index contributed by atoms with van der Waals surface area (Å²) < 4.78 is 0. The third-order valence-corrected chi connectivity index (χ3v) is 4.58. The molecule has 0 saturated heterocycles. The lowest BCUT2D eigenvalue weighted by molar-refractivity contribution is -0.141. The van der Waals surface area contributed by atoms with Gasteiger partial charge in [-0.3, -0.25) is 19.8 Å². The molecule has 0 aromatic carbocycles. The summed E-state index contributed by atoms with van der Waals surface area (Å²) in [5.74, 6) is -2.25. The van der Waals surface area contributed by atoms with Gasteiger partial charge in [-0.2, -0.15) is 0 Å². The van der Waals surface area contributed by atoms with E-state index in [0.717, 1.165) is 12.8 Å².